The van der Waals surface area contributed by atoms with E-state index in [9.17, 15) is 4.79 Å². The minimum atomic E-state index is -0.0434. The fourth-order valence-electron chi connectivity index (χ4n) is 2.87. The predicted molar refractivity (Wildman–Crippen MR) is 71.0 cm³/mol. The van der Waals surface area contributed by atoms with E-state index in [0.717, 1.165) is 30.5 Å². The van der Waals surface area contributed by atoms with Crippen molar-refractivity contribution in [3.8, 4) is 0 Å². The van der Waals surface area contributed by atoms with Crippen LogP contribution in [0.15, 0.2) is 0 Å². The molecular weight excluding hydrogens is 242 g/mol. The van der Waals surface area contributed by atoms with Crippen LogP contribution in [0.4, 0.5) is 0 Å². The molecule has 19 heavy (non-hydrogen) atoms. The number of hydrogen-bond donors (Lipinski definition) is 1. The highest BCUT2D eigenvalue weighted by atomic mass is 16.5. The minimum Gasteiger partial charge on any atom is -0.369 e. The first-order chi connectivity index (χ1) is 8.89. The molecule has 104 valence electrons. The number of fused-ring (bicyclic) bond motifs is 1. The molecular formula is C14H21N3O2. The Morgan fingerprint density at radius 1 is 1.47 bits per heavy atom. The van der Waals surface area contributed by atoms with E-state index in [2.05, 4.69) is 17.3 Å². The zero-order valence-corrected chi connectivity index (χ0v) is 12.0. The molecule has 1 aromatic heterocycles. The minimum absolute atomic E-state index is 0.00527. The number of aryl methyl sites for hydroxylation is 1. The highest BCUT2D eigenvalue weighted by Gasteiger charge is 2.40. The van der Waals surface area contributed by atoms with Gasteiger partial charge in [0.05, 0.1) is 17.9 Å². The van der Waals surface area contributed by atoms with Crippen LogP contribution in [0.25, 0.3) is 0 Å². The first-order valence-electron chi connectivity index (χ1n) is 6.93. The largest absolute Gasteiger partial charge is 0.369 e. The van der Waals surface area contributed by atoms with E-state index >= 15 is 0 Å². The van der Waals surface area contributed by atoms with Crippen LogP contribution in [0.3, 0.4) is 0 Å². The van der Waals surface area contributed by atoms with Gasteiger partial charge < -0.3 is 10.1 Å². The number of nitrogens with zero attached hydrogens (tertiary/aromatic N) is 2. The van der Waals surface area contributed by atoms with Crippen molar-refractivity contribution < 1.29 is 9.53 Å². The normalized spacial score (nSPS) is 27.8. The van der Waals surface area contributed by atoms with Gasteiger partial charge in [-0.2, -0.15) is 5.10 Å². The fraction of sp³-hybridized carbons (Fsp3) is 0.714. The molecule has 2 aliphatic rings. The van der Waals surface area contributed by atoms with Crippen LogP contribution in [0.2, 0.25) is 0 Å². The van der Waals surface area contributed by atoms with E-state index in [1.54, 1.807) is 4.68 Å². The maximum Gasteiger partial charge on any atom is 0.272 e. The number of aromatic nitrogens is 2. The third-order valence-corrected chi connectivity index (χ3v) is 4.14. The van der Waals surface area contributed by atoms with Crippen molar-refractivity contribution in [1.82, 2.24) is 15.1 Å². The zero-order chi connectivity index (χ0) is 13.8. The van der Waals surface area contributed by atoms with Gasteiger partial charge in [0.25, 0.3) is 5.91 Å². The molecule has 3 rings (SSSR count). The van der Waals surface area contributed by atoms with Crippen LogP contribution in [0, 0.1) is 0 Å². The Bertz CT molecular complexity index is 531. The quantitative estimate of drug-likeness (QED) is 0.884. The van der Waals surface area contributed by atoms with Gasteiger partial charge in [-0.25, -0.2) is 0 Å². The molecule has 2 atom stereocenters. The maximum atomic E-state index is 12.4. The maximum absolute atomic E-state index is 12.4. The van der Waals surface area contributed by atoms with Gasteiger partial charge in [-0.1, -0.05) is 0 Å². The predicted octanol–water partition coefficient (Wildman–Crippen LogP) is 1.72. The molecule has 0 unspecified atom stereocenters. The molecule has 5 heteroatoms. The lowest BCUT2D eigenvalue weighted by molar-refractivity contribution is -0.00903. The first kappa shape index (κ1) is 12.7. The van der Waals surface area contributed by atoms with Crippen molar-refractivity contribution in [3.63, 3.8) is 0 Å². The molecule has 2 heterocycles. The smallest absolute Gasteiger partial charge is 0.272 e. The molecule has 1 aliphatic heterocycles. The monoisotopic (exact) mass is 263 g/mol. The summed E-state index contributed by atoms with van der Waals surface area (Å²) < 4.78 is 7.59. The van der Waals surface area contributed by atoms with E-state index in [1.807, 2.05) is 20.9 Å². The average molecular weight is 263 g/mol. The van der Waals surface area contributed by atoms with E-state index in [0.29, 0.717) is 5.69 Å². The van der Waals surface area contributed by atoms with Gasteiger partial charge >= 0.3 is 0 Å². The van der Waals surface area contributed by atoms with Gasteiger partial charge in [0.15, 0.2) is 5.69 Å². The number of nitrogens with one attached hydrogen (secondary N) is 1. The van der Waals surface area contributed by atoms with Crippen LogP contribution in [-0.4, -0.2) is 27.3 Å². The van der Waals surface area contributed by atoms with Crippen molar-refractivity contribution in [3.05, 3.63) is 17.0 Å². The number of ether oxygens (including phenoxy) is 1. The number of carbonyl (C=O) groups is 1. The van der Waals surface area contributed by atoms with Crippen molar-refractivity contribution in [2.24, 2.45) is 7.05 Å². The van der Waals surface area contributed by atoms with Crippen molar-refractivity contribution in [2.75, 3.05) is 0 Å². The van der Waals surface area contributed by atoms with Gasteiger partial charge in [0.2, 0.25) is 0 Å². The summed E-state index contributed by atoms with van der Waals surface area (Å²) >= 11 is 0. The standard InChI is InChI=1S/C14H21N3O2/c1-8-7-10-11(13(18)15-14(3)5-6-14)16-17(4)12(10)9(2)19-8/h8-9H,5-7H2,1-4H3,(H,15,18)/t8-,9+/m1/s1. The topological polar surface area (TPSA) is 56.2 Å². The Morgan fingerprint density at radius 3 is 2.79 bits per heavy atom. The molecule has 0 spiro atoms. The Morgan fingerprint density at radius 2 is 2.16 bits per heavy atom. The van der Waals surface area contributed by atoms with Crippen molar-refractivity contribution >= 4 is 5.91 Å². The molecule has 0 saturated heterocycles. The molecule has 1 fully saturated rings. The lowest BCUT2D eigenvalue weighted by atomic mass is 9.99. The number of amides is 1. The van der Waals surface area contributed by atoms with Crippen molar-refractivity contribution in [1.29, 1.82) is 0 Å². The molecule has 1 aromatic rings. The molecule has 1 amide bonds. The van der Waals surface area contributed by atoms with Gasteiger partial charge in [-0.15, -0.1) is 0 Å². The zero-order valence-electron chi connectivity index (χ0n) is 12.0. The second-order valence-corrected chi connectivity index (χ2v) is 6.14. The van der Waals surface area contributed by atoms with Crippen LogP contribution in [0.1, 0.15) is 61.5 Å². The van der Waals surface area contributed by atoms with E-state index < -0.39 is 0 Å². The van der Waals surface area contributed by atoms with Gasteiger partial charge in [-0.05, 0) is 33.6 Å². The summed E-state index contributed by atoms with van der Waals surface area (Å²) in [6, 6.07) is 0. The van der Waals surface area contributed by atoms with Crippen LogP contribution < -0.4 is 5.32 Å². The summed E-state index contributed by atoms with van der Waals surface area (Å²) in [7, 11) is 1.88. The first-order valence-corrected chi connectivity index (χ1v) is 6.93. The number of rotatable bonds is 2. The number of hydrogen-bond acceptors (Lipinski definition) is 3. The third-order valence-electron chi connectivity index (χ3n) is 4.14. The lowest BCUT2D eigenvalue weighted by Crippen LogP contribution is -2.35. The van der Waals surface area contributed by atoms with E-state index in [-0.39, 0.29) is 23.7 Å². The van der Waals surface area contributed by atoms with E-state index in [4.69, 9.17) is 4.74 Å². The number of carbonyl (C=O) groups excluding carboxylic acids is 1. The Hall–Kier alpha value is -1.36. The van der Waals surface area contributed by atoms with Crippen LogP contribution in [-0.2, 0) is 18.2 Å². The molecule has 1 saturated carbocycles. The van der Waals surface area contributed by atoms with Gasteiger partial charge in [0.1, 0.15) is 0 Å². The molecule has 0 aromatic carbocycles. The third kappa shape index (κ3) is 2.16. The summed E-state index contributed by atoms with van der Waals surface area (Å²) in [6.45, 7) is 6.13. The Kier molecular flexibility index (Phi) is 2.71. The average Bonchev–Trinajstić information content (AvgIpc) is 2.91. The second kappa shape index (κ2) is 4.07. The summed E-state index contributed by atoms with van der Waals surface area (Å²) in [6.07, 6.45) is 3.00. The summed E-state index contributed by atoms with van der Waals surface area (Å²) in [5.41, 5.74) is 2.65. The van der Waals surface area contributed by atoms with Gasteiger partial charge in [-0.3, -0.25) is 9.48 Å². The van der Waals surface area contributed by atoms with E-state index in [1.165, 1.54) is 0 Å². The van der Waals surface area contributed by atoms with Crippen molar-refractivity contribution in [2.45, 2.75) is 57.8 Å². The highest BCUT2D eigenvalue weighted by molar-refractivity contribution is 5.94. The Balaban J connectivity index is 1.94. The van der Waals surface area contributed by atoms with Crippen LogP contribution >= 0.6 is 0 Å². The SMILES string of the molecule is C[C@@H]1Cc2c(C(=O)NC3(C)CC3)nn(C)c2[C@H](C)O1. The Labute approximate surface area is 113 Å². The van der Waals surface area contributed by atoms with Gasteiger partial charge in [0, 0.05) is 24.6 Å². The summed E-state index contributed by atoms with van der Waals surface area (Å²) in [5, 5.41) is 7.50. The summed E-state index contributed by atoms with van der Waals surface area (Å²) in [5.74, 6) is -0.0434. The molecule has 1 N–H and O–H groups in total. The molecule has 1 aliphatic carbocycles. The molecule has 5 nitrogen and oxygen atoms in total. The lowest BCUT2D eigenvalue weighted by Gasteiger charge is -2.26. The summed E-state index contributed by atoms with van der Waals surface area (Å²) in [4.78, 5) is 12.4. The van der Waals surface area contributed by atoms with Crippen LogP contribution in [0.5, 0.6) is 0 Å². The highest BCUT2D eigenvalue weighted by Crippen LogP contribution is 2.36. The molecule has 0 radical (unpaired) electrons. The fourth-order valence-corrected chi connectivity index (χ4v) is 2.87. The second-order valence-electron chi connectivity index (χ2n) is 6.14. The molecule has 0 bridgehead atoms.